The van der Waals surface area contributed by atoms with E-state index in [9.17, 15) is 13.2 Å². The van der Waals surface area contributed by atoms with Gasteiger partial charge in [0.1, 0.15) is 5.75 Å². The Balaban J connectivity index is 1.16. The second kappa shape index (κ2) is 11.4. The van der Waals surface area contributed by atoms with E-state index in [0.29, 0.717) is 30.0 Å². The molecule has 1 N–H and O–H groups in total. The average Bonchev–Trinajstić information content (AvgIpc) is 3.38. The summed E-state index contributed by atoms with van der Waals surface area (Å²) in [5.74, 6) is 0.677. The van der Waals surface area contributed by atoms with Crippen LogP contribution in [0.5, 0.6) is 5.75 Å². The smallest absolute Gasteiger partial charge is 0.286 e. The molecule has 0 aromatic heterocycles. The van der Waals surface area contributed by atoms with E-state index in [4.69, 9.17) is 9.47 Å². The minimum atomic E-state index is -3.80. The maximum absolute atomic E-state index is 13.7. The van der Waals surface area contributed by atoms with Gasteiger partial charge in [-0.25, -0.2) is 8.42 Å². The van der Waals surface area contributed by atoms with E-state index in [1.165, 1.54) is 30.2 Å². The largest absolute Gasteiger partial charge is 0.497 e. The summed E-state index contributed by atoms with van der Waals surface area (Å²) in [6.45, 7) is 11.0. The molecule has 0 radical (unpaired) electrons. The Morgan fingerprint density at radius 3 is 2.24 bits per heavy atom. The van der Waals surface area contributed by atoms with Crippen molar-refractivity contribution in [3.8, 4) is 5.75 Å². The first-order valence-corrected chi connectivity index (χ1v) is 15.1. The van der Waals surface area contributed by atoms with Gasteiger partial charge in [0.05, 0.1) is 18.6 Å². The molecule has 1 aliphatic carbocycles. The number of methoxy groups -OCH3 is 1. The van der Waals surface area contributed by atoms with Gasteiger partial charge in [-0.05, 0) is 75.9 Å². The number of sulfonamides is 1. The molecule has 3 heterocycles. The van der Waals surface area contributed by atoms with Crippen LogP contribution in [-0.2, 0) is 19.6 Å². The van der Waals surface area contributed by atoms with Crippen LogP contribution in [0.1, 0.15) is 36.8 Å². The standard InChI is InChI=1S/C26H40N6O5S/c1-19-16-22(36-3)17-20(2)24(19)38(34,35)32(21-6-7-21)18-23-27-28-25(37-23)26(33)31-14-12-30(13-15-31)11-10-29-8-4-5-9-29/h16-17,21,25,28H,4-15,18H2,1-3H3. The van der Waals surface area contributed by atoms with E-state index in [0.717, 1.165) is 39.0 Å². The Morgan fingerprint density at radius 2 is 1.66 bits per heavy atom. The fourth-order valence-electron chi connectivity index (χ4n) is 5.60. The van der Waals surface area contributed by atoms with Crippen LogP contribution in [0.2, 0.25) is 0 Å². The maximum Gasteiger partial charge on any atom is 0.286 e. The molecule has 1 aromatic rings. The quantitative estimate of drug-likeness (QED) is 0.461. The van der Waals surface area contributed by atoms with Gasteiger partial charge in [0.25, 0.3) is 12.1 Å². The number of piperazine rings is 1. The summed E-state index contributed by atoms with van der Waals surface area (Å²) in [4.78, 5) is 20.1. The van der Waals surface area contributed by atoms with Crippen molar-refractivity contribution in [3.05, 3.63) is 23.3 Å². The van der Waals surface area contributed by atoms with Crippen molar-refractivity contribution in [3.63, 3.8) is 0 Å². The zero-order chi connectivity index (χ0) is 26.9. The van der Waals surface area contributed by atoms with Crippen LogP contribution in [-0.4, -0.2) is 118 Å². The van der Waals surface area contributed by atoms with E-state index in [1.54, 1.807) is 33.1 Å². The third kappa shape index (κ3) is 5.93. The third-order valence-corrected chi connectivity index (χ3v) is 10.1. The molecule has 12 heteroatoms. The summed E-state index contributed by atoms with van der Waals surface area (Å²) in [5, 5.41) is 4.21. The summed E-state index contributed by atoms with van der Waals surface area (Å²) < 4.78 is 40.1. The van der Waals surface area contributed by atoms with E-state index in [2.05, 4.69) is 20.3 Å². The number of hydrazone groups is 1. The molecule has 1 aromatic carbocycles. The molecular formula is C26H40N6O5S. The molecule has 1 saturated carbocycles. The zero-order valence-electron chi connectivity index (χ0n) is 22.7. The van der Waals surface area contributed by atoms with E-state index in [1.807, 2.05) is 4.90 Å². The minimum Gasteiger partial charge on any atom is -0.497 e. The molecule has 210 valence electrons. The number of rotatable bonds is 10. The molecule has 1 amide bonds. The summed E-state index contributed by atoms with van der Waals surface area (Å²) in [6.07, 6.45) is 3.25. The highest BCUT2D eigenvalue weighted by atomic mass is 32.2. The highest BCUT2D eigenvalue weighted by Gasteiger charge is 2.42. The number of amides is 1. The van der Waals surface area contributed by atoms with E-state index >= 15 is 0 Å². The van der Waals surface area contributed by atoms with Crippen molar-refractivity contribution in [2.75, 3.05) is 66.0 Å². The van der Waals surface area contributed by atoms with Gasteiger partial charge < -0.3 is 19.3 Å². The van der Waals surface area contributed by atoms with E-state index in [-0.39, 0.29) is 29.3 Å². The topological polar surface area (TPSA) is 107 Å². The number of benzene rings is 1. The van der Waals surface area contributed by atoms with Crippen LogP contribution < -0.4 is 10.2 Å². The molecule has 38 heavy (non-hydrogen) atoms. The lowest BCUT2D eigenvalue weighted by Crippen LogP contribution is -2.54. The lowest BCUT2D eigenvalue weighted by Gasteiger charge is -2.36. The van der Waals surface area contributed by atoms with Gasteiger partial charge in [-0.1, -0.05) is 0 Å². The molecule has 1 atom stereocenters. The number of hydrogen-bond acceptors (Lipinski definition) is 9. The first kappa shape index (κ1) is 27.2. The fraction of sp³-hybridized carbons (Fsp3) is 0.692. The Hall–Kier alpha value is -2.41. The van der Waals surface area contributed by atoms with Crippen LogP contribution in [0.4, 0.5) is 0 Å². The highest BCUT2D eigenvalue weighted by molar-refractivity contribution is 7.89. The number of ether oxygens (including phenoxy) is 2. The second-order valence-electron chi connectivity index (χ2n) is 10.7. The highest BCUT2D eigenvalue weighted by Crippen LogP contribution is 2.35. The van der Waals surface area contributed by atoms with Gasteiger partial charge in [0, 0.05) is 45.3 Å². The van der Waals surface area contributed by atoms with Crippen molar-refractivity contribution < 1.29 is 22.7 Å². The molecule has 1 unspecified atom stereocenters. The predicted octanol–water partition coefficient (Wildman–Crippen LogP) is 0.965. The summed E-state index contributed by atoms with van der Waals surface area (Å²) in [6, 6.07) is 3.36. The van der Waals surface area contributed by atoms with Crippen LogP contribution in [0.3, 0.4) is 0 Å². The SMILES string of the molecule is COc1cc(C)c(S(=O)(=O)N(CC2=NNC(C(=O)N3CCN(CCN4CCCC4)CC3)O2)C2CC2)c(C)c1. The van der Waals surface area contributed by atoms with Crippen molar-refractivity contribution in [1.29, 1.82) is 0 Å². The summed E-state index contributed by atoms with van der Waals surface area (Å²) in [7, 11) is -2.24. The van der Waals surface area contributed by atoms with Crippen LogP contribution in [0.25, 0.3) is 0 Å². The lowest BCUT2D eigenvalue weighted by molar-refractivity contribution is -0.141. The second-order valence-corrected chi connectivity index (χ2v) is 12.5. The number of hydrogen-bond donors (Lipinski definition) is 1. The first-order valence-electron chi connectivity index (χ1n) is 13.7. The van der Waals surface area contributed by atoms with Gasteiger partial charge in [-0.3, -0.25) is 15.1 Å². The molecule has 3 fully saturated rings. The summed E-state index contributed by atoms with van der Waals surface area (Å²) >= 11 is 0. The minimum absolute atomic E-state index is 0.0149. The fourth-order valence-corrected chi connectivity index (χ4v) is 7.65. The van der Waals surface area contributed by atoms with Crippen molar-refractivity contribution >= 4 is 21.8 Å². The monoisotopic (exact) mass is 548 g/mol. The molecule has 11 nitrogen and oxygen atoms in total. The molecule has 3 aliphatic heterocycles. The van der Waals surface area contributed by atoms with Crippen LogP contribution >= 0.6 is 0 Å². The number of aryl methyl sites for hydroxylation is 2. The number of carbonyl (C=O) groups excluding carboxylic acids is 1. The number of carbonyl (C=O) groups is 1. The summed E-state index contributed by atoms with van der Waals surface area (Å²) in [5.41, 5.74) is 4.05. The average molecular weight is 549 g/mol. The molecule has 5 rings (SSSR count). The number of likely N-dealkylation sites (tertiary alicyclic amines) is 1. The first-order chi connectivity index (χ1) is 18.3. The predicted molar refractivity (Wildman–Crippen MR) is 144 cm³/mol. The van der Waals surface area contributed by atoms with Gasteiger partial charge in [-0.2, -0.15) is 4.31 Å². The van der Waals surface area contributed by atoms with E-state index < -0.39 is 16.3 Å². The van der Waals surface area contributed by atoms with Crippen molar-refractivity contribution in [2.24, 2.45) is 5.10 Å². The normalized spacial score (nSPS) is 22.9. The van der Waals surface area contributed by atoms with Crippen molar-refractivity contribution in [2.45, 2.75) is 56.7 Å². The molecule has 0 spiro atoms. The van der Waals surface area contributed by atoms with Gasteiger partial charge in [0.2, 0.25) is 15.9 Å². The van der Waals surface area contributed by atoms with Gasteiger partial charge in [-0.15, -0.1) is 5.10 Å². The maximum atomic E-state index is 13.7. The molecule has 4 aliphatic rings. The number of nitrogens with one attached hydrogen (secondary N) is 1. The third-order valence-electron chi connectivity index (χ3n) is 7.88. The van der Waals surface area contributed by atoms with Gasteiger partial charge in [0.15, 0.2) is 0 Å². The van der Waals surface area contributed by atoms with Crippen LogP contribution in [0.15, 0.2) is 22.1 Å². The van der Waals surface area contributed by atoms with Gasteiger partial charge >= 0.3 is 0 Å². The molecule has 2 saturated heterocycles. The Kier molecular flexibility index (Phi) is 8.13. The zero-order valence-corrected chi connectivity index (χ0v) is 23.5. The molecular weight excluding hydrogens is 508 g/mol. The Morgan fingerprint density at radius 1 is 1.05 bits per heavy atom. The Labute approximate surface area is 225 Å². The lowest BCUT2D eigenvalue weighted by atomic mass is 10.1. The van der Waals surface area contributed by atoms with Crippen LogP contribution in [0, 0.1) is 13.8 Å². The number of nitrogens with zero attached hydrogens (tertiary/aromatic N) is 5. The molecule has 0 bridgehead atoms. The van der Waals surface area contributed by atoms with Crippen molar-refractivity contribution in [1.82, 2.24) is 24.4 Å². The Bertz CT molecular complexity index is 1130.